The molecule has 0 amide bonds. The Morgan fingerprint density at radius 1 is 0.909 bits per heavy atom. The van der Waals surface area contributed by atoms with Gasteiger partial charge in [0.15, 0.2) is 0 Å². The van der Waals surface area contributed by atoms with Crippen LogP contribution in [0, 0.1) is 0 Å². The highest BCUT2D eigenvalue weighted by Gasteiger charge is 2.24. The maximum absolute atomic E-state index is 5.37. The topological polar surface area (TPSA) is 18.5 Å². The summed E-state index contributed by atoms with van der Waals surface area (Å²) in [6.07, 6.45) is 7.06. The van der Waals surface area contributed by atoms with Gasteiger partial charge in [0.05, 0.1) is 12.5 Å². The Morgan fingerprint density at radius 2 is 1.27 bits per heavy atom. The summed E-state index contributed by atoms with van der Waals surface area (Å²) in [5, 5.41) is 0. The Kier molecular flexibility index (Phi) is 4.69. The van der Waals surface area contributed by atoms with Crippen LogP contribution < -0.4 is 0 Å². The summed E-state index contributed by atoms with van der Waals surface area (Å²) in [4.78, 5) is 0. The molecular formula is C8H16O2Si. The Bertz CT molecular complexity index is 134. The van der Waals surface area contributed by atoms with Crippen molar-refractivity contribution in [3.05, 3.63) is 24.7 Å². The largest absolute Gasteiger partial charge is 0.519 e. The molecule has 0 aromatic carbocycles. The molecule has 64 valence electrons. The molecule has 0 aliphatic heterocycles. The van der Waals surface area contributed by atoms with Crippen LogP contribution in [0.1, 0.15) is 13.8 Å². The number of hydrogen-bond acceptors (Lipinski definition) is 2. The fraction of sp³-hybridized carbons (Fsp3) is 0.500. The molecule has 0 saturated carbocycles. The molecule has 0 bridgehead atoms. The summed E-state index contributed by atoms with van der Waals surface area (Å²) < 4.78 is 10.7. The first kappa shape index (κ1) is 10.3. The van der Waals surface area contributed by atoms with Crippen molar-refractivity contribution in [1.82, 2.24) is 0 Å². The van der Waals surface area contributed by atoms with E-state index in [1.165, 1.54) is 0 Å². The quantitative estimate of drug-likeness (QED) is 0.479. The van der Waals surface area contributed by atoms with Gasteiger partial charge in [-0.25, -0.2) is 0 Å². The first-order chi connectivity index (χ1) is 5.12. The molecular weight excluding hydrogens is 156 g/mol. The molecule has 0 saturated heterocycles. The number of rotatable bonds is 4. The summed E-state index contributed by atoms with van der Waals surface area (Å²) in [6, 6.07) is 0. The SMILES string of the molecule is C/C=C\O[Si](C)(C)O/C=C/C. The minimum Gasteiger partial charge on any atom is -0.519 e. The standard InChI is InChI=1S/C8H16O2Si/c1-5-7-9-11(3,4)10-8-6-2/h5-8H,1-4H3/b7-5-,8-6+. The van der Waals surface area contributed by atoms with Crippen molar-refractivity contribution in [2.75, 3.05) is 0 Å². The lowest BCUT2D eigenvalue weighted by Gasteiger charge is -2.19. The van der Waals surface area contributed by atoms with Crippen molar-refractivity contribution in [1.29, 1.82) is 0 Å². The second-order valence-electron chi connectivity index (χ2n) is 2.57. The normalized spacial score (nSPS) is 12.7. The third-order valence-electron chi connectivity index (χ3n) is 0.976. The first-order valence-corrected chi connectivity index (χ1v) is 6.52. The minimum absolute atomic E-state index is 1.68. The highest BCUT2D eigenvalue weighted by atomic mass is 28.4. The predicted molar refractivity (Wildman–Crippen MR) is 49.3 cm³/mol. The molecule has 0 aliphatic carbocycles. The van der Waals surface area contributed by atoms with Crippen LogP contribution in [0.3, 0.4) is 0 Å². The van der Waals surface area contributed by atoms with E-state index in [1.807, 2.05) is 39.1 Å². The van der Waals surface area contributed by atoms with E-state index in [-0.39, 0.29) is 0 Å². The molecule has 0 N–H and O–H groups in total. The smallest absolute Gasteiger partial charge is 0.453 e. The zero-order chi connectivity index (χ0) is 8.74. The van der Waals surface area contributed by atoms with E-state index in [0.29, 0.717) is 0 Å². The summed E-state index contributed by atoms with van der Waals surface area (Å²) in [7, 11) is -1.92. The highest BCUT2D eigenvalue weighted by Crippen LogP contribution is 2.06. The first-order valence-electron chi connectivity index (χ1n) is 3.70. The fourth-order valence-corrected chi connectivity index (χ4v) is 1.47. The molecule has 0 radical (unpaired) electrons. The van der Waals surface area contributed by atoms with Gasteiger partial charge >= 0.3 is 8.56 Å². The van der Waals surface area contributed by atoms with Crippen LogP contribution in [-0.4, -0.2) is 8.56 Å². The van der Waals surface area contributed by atoms with Gasteiger partial charge in [-0.05, 0) is 13.8 Å². The summed E-state index contributed by atoms with van der Waals surface area (Å²) in [5.74, 6) is 0. The van der Waals surface area contributed by atoms with Crippen LogP contribution >= 0.6 is 0 Å². The maximum Gasteiger partial charge on any atom is 0.453 e. The molecule has 2 nitrogen and oxygen atoms in total. The molecule has 3 heteroatoms. The minimum atomic E-state index is -1.92. The lowest BCUT2D eigenvalue weighted by molar-refractivity contribution is 0.319. The molecule has 0 atom stereocenters. The molecule has 0 spiro atoms. The fourth-order valence-electron chi connectivity index (χ4n) is 0.492. The molecule has 11 heavy (non-hydrogen) atoms. The van der Waals surface area contributed by atoms with Crippen LogP contribution in [0.25, 0.3) is 0 Å². The van der Waals surface area contributed by atoms with Gasteiger partial charge in [0.25, 0.3) is 0 Å². The Labute approximate surface area is 69.8 Å². The molecule has 0 aliphatic rings. The van der Waals surface area contributed by atoms with Crippen molar-refractivity contribution in [2.24, 2.45) is 0 Å². The summed E-state index contributed by atoms with van der Waals surface area (Å²) >= 11 is 0. The van der Waals surface area contributed by atoms with Gasteiger partial charge in [0, 0.05) is 13.1 Å². The Hall–Kier alpha value is -0.703. The van der Waals surface area contributed by atoms with Crippen LogP contribution in [0.2, 0.25) is 13.1 Å². The van der Waals surface area contributed by atoms with E-state index >= 15 is 0 Å². The Balaban J connectivity index is 3.78. The van der Waals surface area contributed by atoms with Crippen molar-refractivity contribution in [3.8, 4) is 0 Å². The van der Waals surface area contributed by atoms with E-state index in [1.54, 1.807) is 12.5 Å². The van der Waals surface area contributed by atoms with E-state index in [4.69, 9.17) is 8.85 Å². The van der Waals surface area contributed by atoms with Crippen molar-refractivity contribution in [2.45, 2.75) is 26.9 Å². The lowest BCUT2D eigenvalue weighted by atomic mass is 10.8. The number of allylic oxidation sites excluding steroid dienone is 2. The summed E-state index contributed by atoms with van der Waals surface area (Å²) in [6.45, 7) is 7.82. The highest BCUT2D eigenvalue weighted by molar-refractivity contribution is 6.64. The third kappa shape index (κ3) is 5.73. The average Bonchev–Trinajstić information content (AvgIpc) is 1.97. The maximum atomic E-state index is 5.37. The molecule has 0 aromatic rings. The van der Waals surface area contributed by atoms with Crippen LogP contribution in [0.4, 0.5) is 0 Å². The predicted octanol–water partition coefficient (Wildman–Crippen LogP) is 2.79. The zero-order valence-corrected chi connectivity index (χ0v) is 8.63. The van der Waals surface area contributed by atoms with E-state index in [9.17, 15) is 0 Å². The van der Waals surface area contributed by atoms with E-state index in [0.717, 1.165) is 0 Å². The molecule has 0 heterocycles. The van der Waals surface area contributed by atoms with Gasteiger partial charge in [-0.2, -0.15) is 0 Å². The van der Waals surface area contributed by atoms with Gasteiger partial charge in [-0.1, -0.05) is 12.2 Å². The van der Waals surface area contributed by atoms with Gasteiger partial charge in [0.2, 0.25) is 0 Å². The van der Waals surface area contributed by atoms with Crippen LogP contribution in [0.5, 0.6) is 0 Å². The lowest BCUT2D eigenvalue weighted by Crippen LogP contribution is -2.30. The monoisotopic (exact) mass is 172 g/mol. The molecule has 0 rings (SSSR count). The Morgan fingerprint density at radius 3 is 1.55 bits per heavy atom. The van der Waals surface area contributed by atoms with E-state index < -0.39 is 8.56 Å². The molecule has 0 unspecified atom stereocenters. The van der Waals surface area contributed by atoms with Crippen LogP contribution in [-0.2, 0) is 8.85 Å². The average molecular weight is 172 g/mol. The van der Waals surface area contributed by atoms with Gasteiger partial charge < -0.3 is 8.85 Å². The molecule has 0 fully saturated rings. The summed E-state index contributed by atoms with van der Waals surface area (Å²) in [5.41, 5.74) is 0. The third-order valence-corrected chi connectivity index (χ3v) is 2.38. The second-order valence-corrected chi connectivity index (χ2v) is 5.85. The second kappa shape index (κ2) is 5.01. The molecule has 0 aromatic heterocycles. The van der Waals surface area contributed by atoms with Gasteiger partial charge in [0.1, 0.15) is 0 Å². The zero-order valence-electron chi connectivity index (χ0n) is 7.63. The van der Waals surface area contributed by atoms with Crippen molar-refractivity contribution >= 4 is 8.56 Å². The van der Waals surface area contributed by atoms with Gasteiger partial charge in [-0.3, -0.25) is 0 Å². The van der Waals surface area contributed by atoms with Crippen LogP contribution in [0.15, 0.2) is 24.7 Å². The van der Waals surface area contributed by atoms with Gasteiger partial charge in [-0.15, -0.1) is 0 Å². The van der Waals surface area contributed by atoms with Crippen molar-refractivity contribution < 1.29 is 8.85 Å². The van der Waals surface area contributed by atoms with Crippen molar-refractivity contribution in [3.63, 3.8) is 0 Å². The van der Waals surface area contributed by atoms with E-state index in [2.05, 4.69) is 0 Å². The number of hydrogen-bond donors (Lipinski definition) is 0.